The molecule has 0 amide bonds. The van der Waals surface area contributed by atoms with Crippen molar-refractivity contribution in [2.75, 3.05) is 20.7 Å². The largest absolute Gasteiger partial charge is 0.493 e. The van der Waals surface area contributed by atoms with Gasteiger partial charge in [-0.05, 0) is 71.8 Å². The van der Waals surface area contributed by atoms with E-state index in [4.69, 9.17) is 28.4 Å². The van der Waals surface area contributed by atoms with Crippen LogP contribution in [0.15, 0.2) is 24.0 Å². The van der Waals surface area contributed by atoms with E-state index in [1.807, 2.05) is 19.2 Å². The fourth-order valence-corrected chi connectivity index (χ4v) is 6.97. The van der Waals surface area contributed by atoms with E-state index >= 15 is 0 Å². The summed E-state index contributed by atoms with van der Waals surface area (Å²) in [6.45, 7) is 8.10. The number of hydrogen-bond acceptors (Lipinski definition) is 12. The minimum Gasteiger partial charge on any atom is -0.493 e. The molecule has 2 aliphatic carbocycles. The van der Waals surface area contributed by atoms with Crippen molar-refractivity contribution in [1.29, 1.82) is 0 Å². The molecule has 2 aliphatic heterocycles. The van der Waals surface area contributed by atoms with Gasteiger partial charge in [-0.1, -0.05) is 6.07 Å². The maximum absolute atomic E-state index is 13.3. The van der Waals surface area contributed by atoms with Gasteiger partial charge in [0.15, 0.2) is 23.7 Å². The summed E-state index contributed by atoms with van der Waals surface area (Å²) in [6.07, 6.45) is -1.43. The number of likely N-dealkylation sites (N-methyl/N-ethyl adjacent to an activating group) is 1. The van der Waals surface area contributed by atoms with Crippen LogP contribution in [0.1, 0.15) is 65.0 Å². The molecular formula is C31H39NO11. The van der Waals surface area contributed by atoms with Crippen LogP contribution in [0.25, 0.3) is 0 Å². The van der Waals surface area contributed by atoms with Gasteiger partial charge in [-0.15, -0.1) is 0 Å². The average molecular weight is 602 g/mol. The van der Waals surface area contributed by atoms with Crippen molar-refractivity contribution in [2.24, 2.45) is 0 Å². The van der Waals surface area contributed by atoms with E-state index in [0.29, 0.717) is 30.9 Å². The minimum absolute atomic E-state index is 0.178. The quantitative estimate of drug-likeness (QED) is 0.344. The number of ether oxygens (including phenoxy) is 6. The van der Waals surface area contributed by atoms with Crippen molar-refractivity contribution in [3.63, 3.8) is 0 Å². The van der Waals surface area contributed by atoms with Crippen molar-refractivity contribution in [1.82, 2.24) is 4.90 Å². The number of hydrogen-bond donors (Lipinski definition) is 1. The lowest BCUT2D eigenvalue weighted by molar-refractivity contribution is -0.183. The van der Waals surface area contributed by atoms with Gasteiger partial charge in [0.25, 0.3) is 0 Å². The highest BCUT2D eigenvalue weighted by Crippen LogP contribution is 2.65. The zero-order valence-electron chi connectivity index (χ0n) is 25.6. The summed E-state index contributed by atoms with van der Waals surface area (Å²) in [5, 5.41) is 12.3. The predicted octanol–water partition coefficient (Wildman–Crippen LogP) is 2.11. The third kappa shape index (κ3) is 5.14. The van der Waals surface area contributed by atoms with Crippen molar-refractivity contribution in [2.45, 2.75) is 101 Å². The number of esters is 4. The molecule has 2 unspecified atom stereocenters. The fourth-order valence-electron chi connectivity index (χ4n) is 6.97. The molecule has 12 heteroatoms. The Morgan fingerprint density at radius 3 is 2.53 bits per heavy atom. The lowest BCUT2D eigenvalue weighted by Gasteiger charge is -2.61. The number of carbonyl (C=O) groups is 4. The minimum atomic E-state index is -1.66. The summed E-state index contributed by atoms with van der Waals surface area (Å²) >= 11 is 0. The molecule has 12 nitrogen and oxygen atoms in total. The Balaban J connectivity index is 1.38. The van der Waals surface area contributed by atoms with Gasteiger partial charge in [-0.2, -0.15) is 0 Å². The van der Waals surface area contributed by atoms with Crippen LogP contribution in [-0.2, 0) is 50.0 Å². The van der Waals surface area contributed by atoms with Crippen molar-refractivity contribution in [3.8, 4) is 11.5 Å². The first kappa shape index (κ1) is 30.8. The number of benzene rings is 1. The molecule has 2 heterocycles. The molecule has 1 aromatic rings. The van der Waals surface area contributed by atoms with E-state index < -0.39 is 65.2 Å². The molecule has 0 radical (unpaired) electrons. The monoisotopic (exact) mass is 601 g/mol. The van der Waals surface area contributed by atoms with Crippen LogP contribution >= 0.6 is 0 Å². The molecule has 5 rings (SSSR count). The molecule has 0 aromatic heterocycles. The van der Waals surface area contributed by atoms with Crippen LogP contribution in [0.2, 0.25) is 0 Å². The van der Waals surface area contributed by atoms with Gasteiger partial charge in [-0.3, -0.25) is 9.59 Å². The number of methoxy groups -OCH3 is 1. The normalized spacial score (nSPS) is 28.3. The topological polar surface area (TPSA) is 147 Å². The first-order valence-corrected chi connectivity index (χ1v) is 14.4. The maximum Gasteiger partial charge on any atom is 0.348 e. The molecule has 1 fully saturated rings. The molecule has 4 aliphatic rings. The number of aliphatic hydroxyl groups is 1. The van der Waals surface area contributed by atoms with Crippen molar-refractivity contribution >= 4 is 23.9 Å². The smallest absolute Gasteiger partial charge is 0.348 e. The van der Waals surface area contributed by atoms with Gasteiger partial charge < -0.3 is 38.4 Å². The molecule has 43 heavy (non-hydrogen) atoms. The Kier molecular flexibility index (Phi) is 7.75. The van der Waals surface area contributed by atoms with Crippen LogP contribution in [0.5, 0.6) is 11.5 Å². The van der Waals surface area contributed by atoms with Gasteiger partial charge >= 0.3 is 23.9 Å². The lowest BCUT2D eigenvalue weighted by Crippen LogP contribution is -2.74. The summed E-state index contributed by atoms with van der Waals surface area (Å²) in [6, 6.07) is 3.66. The van der Waals surface area contributed by atoms with E-state index in [2.05, 4.69) is 4.90 Å². The Morgan fingerprint density at radius 1 is 1.16 bits per heavy atom. The van der Waals surface area contributed by atoms with E-state index in [9.17, 15) is 24.3 Å². The van der Waals surface area contributed by atoms with Gasteiger partial charge in [0.1, 0.15) is 11.4 Å². The number of piperidine rings is 1. The fraction of sp³-hybridized carbons (Fsp3) is 0.613. The summed E-state index contributed by atoms with van der Waals surface area (Å²) in [5.74, 6) is -2.36. The van der Waals surface area contributed by atoms with Gasteiger partial charge in [0.05, 0.1) is 24.5 Å². The summed E-state index contributed by atoms with van der Waals surface area (Å²) < 4.78 is 33.3. The molecule has 234 valence electrons. The van der Waals surface area contributed by atoms with E-state index in [1.165, 1.54) is 6.92 Å². The number of carbonyl (C=O) groups excluding carboxylic acids is 4. The van der Waals surface area contributed by atoms with E-state index in [0.717, 1.165) is 18.1 Å². The standard InChI is InChI=1S/C31H39NO11/c1-16(27(35)43-29(3,4)5)39-28(36)21(40-17(2)33)15-23(34)41-20-10-11-31(37)22-14-18-8-9-19(38-7)25-24(18)30(31,26(20)42-25)12-13-32(22)6/h8-10,16,21-22,26,37H,11-15H2,1-7H3/t16?,21?,22-,26+,30+,31-/m1/s1. The zero-order chi connectivity index (χ0) is 31.5. The van der Waals surface area contributed by atoms with Crippen molar-refractivity contribution in [3.05, 3.63) is 35.1 Å². The third-order valence-corrected chi connectivity index (χ3v) is 8.74. The molecule has 1 spiro atoms. The Labute approximate surface area is 250 Å². The van der Waals surface area contributed by atoms with Crippen LogP contribution in [0, 0.1) is 0 Å². The highest BCUT2D eigenvalue weighted by molar-refractivity contribution is 5.86. The molecular weight excluding hydrogens is 562 g/mol. The van der Waals surface area contributed by atoms with Gasteiger partial charge in [0.2, 0.25) is 6.10 Å². The highest BCUT2D eigenvalue weighted by atomic mass is 16.6. The molecule has 0 saturated carbocycles. The van der Waals surface area contributed by atoms with Crippen LogP contribution in [0.4, 0.5) is 0 Å². The van der Waals surface area contributed by atoms with Crippen LogP contribution < -0.4 is 9.47 Å². The van der Waals surface area contributed by atoms with E-state index in [-0.39, 0.29) is 18.2 Å². The van der Waals surface area contributed by atoms with Crippen LogP contribution in [0.3, 0.4) is 0 Å². The summed E-state index contributed by atoms with van der Waals surface area (Å²) in [7, 11) is 3.54. The zero-order valence-corrected chi connectivity index (χ0v) is 25.6. The molecule has 6 atom stereocenters. The molecule has 1 N–H and O–H groups in total. The molecule has 1 aromatic carbocycles. The second-order valence-corrected chi connectivity index (χ2v) is 12.7. The average Bonchev–Trinajstić information content (AvgIpc) is 3.26. The summed E-state index contributed by atoms with van der Waals surface area (Å²) in [5.41, 5.74) is -0.961. The summed E-state index contributed by atoms with van der Waals surface area (Å²) in [4.78, 5) is 52.4. The second kappa shape index (κ2) is 10.8. The van der Waals surface area contributed by atoms with E-state index in [1.54, 1.807) is 34.0 Å². The third-order valence-electron chi connectivity index (χ3n) is 8.74. The lowest BCUT2D eigenvalue weighted by atomic mass is 9.50. The number of rotatable bonds is 8. The molecule has 1 saturated heterocycles. The van der Waals surface area contributed by atoms with Gasteiger partial charge in [0, 0.05) is 24.9 Å². The van der Waals surface area contributed by atoms with Crippen molar-refractivity contribution < 1.29 is 52.7 Å². The number of likely N-dealkylation sites (tertiary alicyclic amines) is 1. The highest BCUT2D eigenvalue weighted by Gasteiger charge is 2.72. The molecule has 2 bridgehead atoms. The first-order valence-electron chi connectivity index (χ1n) is 14.4. The number of nitrogens with zero attached hydrogens (tertiary/aromatic N) is 1. The Morgan fingerprint density at radius 2 is 1.88 bits per heavy atom. The second-order valence-electron chi connectivity index (χ2n) is 12.7. The Bertz CT molecular complexity index is 1380. The maximum atomic E-state index is 13.3. The van der Waals surface area contributed by atoms with Crippen LogP contribution in [-0.4, -0.2) is 90.1 Å². The van der Waals surface area contributed by atoms with Gasteiger partial charge in [-0.25, -0.2) is 9.59 Å². The first-order chi connectivity index (χ1) is 20.1. The SMILES string of the molecule is COc1ccc2c3c1O[C@H]1C(OC(=O)CC(OC(C)=O)C(=O)OC(C)C(=O)OC(C)(C)C)=CC[C@@]4(O)[C@@H](C2)N(C)CC[C@]314. The predicted molar refractivity (Wildman–Crippen MR) is 149 cm³/mol. The Hall–Kier alpha value is -3.64.